The largest absolute Gasteiger partial charge is 0.348 e. The summed E-state index contributed by atoms with van der Waals surface area (Å²) in [7, 11) is 0. The Hall–Kier alpha value is -2.24. The van der Waals surface area contributed by atoms with Crippen LogP contribution in [0.2, 0.25) is 5.02 Å². The number of nitrogens with one attached hydrogen (secondary N) is 2. The second kappa shape index (κ2) is 9.46. The van der Waals surface area contributed by atoms with Crippen LogP contribution in [0.25, 0.3) is 10.9 Å². The lowest BCUT2D eigenvalue weighted by Gasteiger charge is -2.10. The molecule has 0 aliphatic rings. The minimum Gasteiger partial charge on any atom is -0.348 e. The first kappa shape index (κ1) is 20.1. The molecule has 0 saturated carbocycles. The summed E-state index contributed by atoms with van der Waals surface area (Å²) < 4.78 is 3.07. The van der Waals surface area contributed by atoms with Crippen molar-refractivity contribution in [2.75, 3.05) is 12.8 Å². The lowest BCUT2D eigenvalue weighted by molar-refractivity contribution is 0.0956. The Kier molecular flexibility index (Phi) is 7.30. The number of allylic oxidation sites excluding steroid dienone is 2. The van der Waals surface area contributed by atoms with Crippen molar-refractivity contribution in [1.82, 2.24) is 15.0 Å². The molecule has 6 heteroatoms. The van der Waals surface area contributed by atoms with Crippen LogP contribution in [0.5, 0.6) is 0 Å². The summed E-state index contributed by atoms with van der Waals surface area (Å²) in [4.78, 5) is 17.1. The topological polar surface area (TPSA) is 54.0 Å². The number of rotatable bonds is 7. The smallest absolute Gasteiger partial charge is 0.253 e. The zero-order valence-corrected chi connectivity index (χ0v) is 16.7. The molecule has 0 aliphatic carbocycles. The fraction of sp³-hybridized carbons (Fsp3) is 0.200. The van der Waals surface area contributed by atoms with E-state index in [-0.39, 0.29) is 5.91 Å². The van der Waals surface area contributed by atoms with Gasteiger partial charge in [0.05, 0.1) is 16.8 Å². The van der Waals surface area contributed by atoms with Crippen molar-refractivity contribution < 1.29 is 4.79 Å². The number of pyridine rings is 1. The molecule has 1 aromatic carbocycles. The SMILES string of the molecule is C=C/C(=C\C(C)=C\NSC)CNC(=O)c1cc2ccc(Cl)cc2nc1C. The Morgan fingerprint density at radius 1 is 1.38 bits per heavy atom. The van der Waals surface area contributed by atoms with Crippen LogP contribution in [0.4, 0.5) is 0 Å². The summed E-state index contributed by atoms with van der Waals surface area (Å²) in [6.45, 7) is 8.01. The predicted molar refractivity (Wildman–Crippen MR) is 113 cm³/mol. The van der Waals surface area contributed by atoms with Crippen LogP contribution in [0.15, 0.2) is 60.3 Å². The minimum atomic E-state index is -0.163. The van der Waals surface area contributed by atoms with E-state index in [1.165, 1.54) is 11.9 Å². The van der Waals surface area contributed by atoms with Gasteiger partial charge in [0, 0.05) is 29.4 Å². The molecule has 2 N–H and O–H groups in total. The van der Waals surface area contributed by atoms with E-state index in [9.17, 15) is 4.79 Å². The van der Waals surface area contributed by atoms with E-state index in [1.54, 1.807) is 18.2 Å². The van der Waals surface area contributed by atoms with Crippen molar-refractivity contribution in [3.63, 3.8) is 0 Å². The number of carbonyl (C=O) groups excluding carboxylic acids is 1. The molecule has 0 atom stereocenters. The van der Waals surface area contributed by atoms with Gasteiger partial charge in [-0.3, -0.25) is 9.78 Å². The molecule has 1 aromatic heterocycles. The van der Waals surface area contributed by atoms with Crippen LogP contribution in [-0.4, -0.2) is 23.7 Å². The highest BCUT2D eigenvalue weighted by Gasteiger charge is 2.12. The molecule has 1 heterocycles. The van der Waals surface area contributed by atoms with Crippen molar-refractivity contribution in [2.45, 2.75) is 13.8 Å². The number of aromatic nitrogens is 1. The van der Waals surface area contributed by atoms with Crippen LogP contribution in [0.1, 0.15) is 23.0 Å². The highest BCUT2D eigenvalue weighted by Crippen LogP contribution is 2.20. The van der Waals surface area contributed by atoms with Crippen LogP contribution < -0.4 is 10.0 Å². The number of fused-ring (bicyclic) bond motifs is 1. The van der Waals surface area contributed by atoms with E-state index in [0.717, 1.165) is 22.0 Å². The summed E-state index contributed by atoms with van der Waals surface area (Å²) in [6.07, 6.45) is 7.57. The van der Waals surface area contributed by atoms with Gasteiger partial charge < -0.3 is 10.0 Å². The van der Waals surface area contributed by atoms with Gasteiger partial charge in [0.1, 0.15) is 0 Å². The molecule has 2 rings (SSSR count). The van der Waals surface area contributed by atoms with Gasteiger partial charge in [-0.1, -0.05) is 48.3 Å². The zero-order valence-electron chi connectivity index (χ0n) is 15.1. The van der Waals surface area contributed by atoms with Gasteiger partial charge >= 0.3 is 0 Å². The average Bonchev–Trinajstić information content (AvgIpc) is 2.62. The fourth-order valence-electron chi connectivity index (χ4n) is 2.41. The first-order chi connectivity index (χ1) is 12.4. The Morgan fingerprint density at radius 3 is 2.85 bits per heavy atom. The Morgan fingerprint density at radius 2 is 2.15 bits per heavy atom. The van der Waals surface area contributed by atoms with Gasteiger partial charge in [0.2, 0.25) is 0 Å². The van der Waals surface area contributed by atoms with E-state index in [2.05, 4.69) is 21.6 Å². The maximum atomic E-state index is 12.6. The van der Waals surface area contributed by atoms with Gasteiger partial charge in [0.25, 0.3) is 5.91 Å². The number of hydrogen-bond donors (Lipinski definition) is 2. The molecular formula is C20H22ClN3OS. The normalized spacial score (nSPS) is 12.2. The van der Waals surface area contributed by atoms with E-state index >= 15 is 0 Å². The summed E-state index contributed by atoms with van der Waals surface area (Å²) in [5.74, 6) is -0.163. The van der Waals surface area contributed by atoms with Crippen LogP contribution in [0, 0.1) is 6.92 Å². The molecule has 0 spiro atoms. The van der Waals surface area contributed by atoms with Crippen LogP contribution >= 0.6 is 23.5 Å². The number of benzene rings is 1. The summed E-state index contributed by atoms with van der Waals surface area (Å²) >= 11 is 7.52. The third-order valence-corrected chi connectivity index (χ3v) is 4.34. The number of carbonyl (C=O) groups is 1. The lowest BCUT2D eigenvalue weighted by Crippen LogP contribution is -2.26. The van der Waals surface area contributed by atoms with E-state index in [4.69, 9.17) is 11.6 Å². The van der Waals surface area contributed by atoms with Gasteiger partial charge in [0.15, 0.2) is 0 Å². The molecule has 136 valence electrons. The molecule has 4 nitrogen and oxygen atoms in total. The van der Waals surface area contributed by atoms with E-state index in [0.29, 0.717) is 22.8 Å². The monoisotopic (exact) mass is 387 g/mol. The standard InChI is InChI=1S/C20H22ClN3OS/c1-5-15(8-13(2)11-23-26-4)12-22-20(25)18-9-16-6-7-17(21)10-19(16)24-14(18)3/h5-11,23H,1,12H2,2-4H3,(H,22,25)/b13-11+,15-8+. The van der Waals surface area contributed by atoms with Crippen molar-refractivity contribution in [3.8, 4) is 0 Å². The molecular weight excluding hydrogens is 366 g/mol. The highest BCUT2D eigenvalue weighted by molar-refractivity contribution is 7.96. The zero-order chi connectivity index (χ0) is 19.1. The molecule has 0 bridgehead atoms. The quantitative estimate of drug-likeness (QED) is 0.528. The minimum absolute atomic E-state index is 0.163. The summed E-state index contributed by atoms with van der Waals surface area (Å²) in [5.41, 5.74) is 3.97. The first-order valence-electron chi connectivity index (χ1n) is 8.08. The molecule has 26 heavy (non-hydrogen) atoms. The Labute approximate surface area is 163 Å². The molecule has 0 saturated heterocycles. The second-order valence-corrected chi connectivity index (χ2v) is 6.86. The van der Waals surface area contributed by atoms with Crippen molar-refractivity contribution >= 4 is 40.4 Å². The molecule has 0 aliphatic heterocycles. The van der Waals surface area contributed by atoms with Gasteiger partial charge in [-0.25, -0.2) is 0 Å². The third kappa shape index (κ3) is 5.38. The van der Waals surface area contributed by atoms with Gasteiger partial charge in [-0.15, -0.1) is 0 Å². The number of aryl methyl sites for hydroxylation is 1. The predicted octanol–water partition coefficient (Wildman–Crippen LogP) is 4.81. The second-order valence-electron chi connectivity index (χ2n) is 5.77. The van der Waals surface area contributed by atoms with E-state index in [1.807, 2.05) is 44.5 Å². The van der Waals surface area contributed by atoms with E-state index < -0.39 is 0 Å². The van der Waals surface area contributed by atoms with Crippen molar-refractivity contribution in [2.24, 2.45) is 0 Å². The number of hydrogen-bond acceptors (Lipinski definition) is 4. The highest BCUT2D eigenvalue weighted by atomic mass is 35.5. The number of amides is 1. The third-order valence-electron chi connectivity index (χ3n) is 3.75. The van der Waals surface area contributed by atoms with Gasteiger partial charge in [-0.2, -0.15) is 0 Å². The maximum Gasteiger partial charge on any atom is 0.253 e. The Bertz CT molecular complexity index is 890. The molecule has 2 aromatic rings. The molecule has 0 fully saturated rings. The summed E-state index contributed by atoms with van der Waals surface area (Å²) in [5, 5.41) is 4.44. The van der Waals surface area contributed by atoms with Crippen molar-refractivity contribution in [1.29, 1.82) is 0 Å². The summed E-state index contributed by atoms with van der Waals surface area (Å²) in [6, 6.07) is 7.29. The van der Waals surface area contributed by atoms with Crippen LogP contribution in [-0.2, 0) is 0 Å². The number of nitrogens with zero attached hydrogens (tertiary/aromatic N) is 1. The maximum absolute atomic E-state index is 12.6. The van der Waals surface area contributed by atoms with Crippen LogP contribution in [0.3, 0.4) is 0 Å². The number of halogens is 1. The lowest BCUT2D eigenvalue weighted by atomic mass is 10.1. The van der Waals surface area contributed by atoms with Gasteiger partial charge in [-0.05, 0) is 43.2 Å². The average molecular weight is 388 g/mol. The molecule has 1 amide bonds. The molecule has 0 radical (unpaired) electrons. The molecule has 0 unspecified atom stereocenters. The first-order valence-corrected chi connectivity index (χ1v) is 9.68. The fourth-order valence-corrected chi connectivity index (χ4v) is 2.88. The van der Waals surface area contributed by atoms with Crippen molar-refractivity contribution in [3.05, 3.63) is 76.6 Å². The Balaban J connectivity index is 2.15.